The van der Waals surface area contributed by atoms with E-state index in [1.165, 1.54) is 23.0 Å². The van der Waals surface area contributed by atoms with Gasteiger partial charge in [0.1, 0.15) is 5.52 Å². The minimum Gasteiger partial charge on any atom is -0.258 e. The van der Waals surface area contributed by atoms with Crippen LogP contribution in [-0.4, -0.2) is 24.9 Å². The SMILES string of the molecule is O=[N+]([O-])c1cccnc1-n1nnc2ccccc21. The van der Waals surface area contributed by atoms with Crippen molar-refractivity contribution in [2.45, 2.75) is 0 Å². The molecule has 88 valence electrons. The number of para-hydroxylation sites is 1. The van der Waals surface area contributed by atoms with E-state index in [4.69, 9.17) is 0 Å². The summed E-state index contributed by atoms with van der Waals surface area (Å²) in [5.41, 5.74) is 1.24. The predicted octanol–water partition coefficient (Wildman–Crippen LogP) is 1.72. The van der Waals surface area contributed by atoms with Crippen LogP contribution in [0.4, 0.5) is 5.69 Å². The van der Waals surface area contributed by atoms with Crippen LogP contribution < -0.4 is 0 Å². The fourth-order valence-electron chi connectivity index (χ4n) is 1.72. The average molecular weight is 241 g/mol. The molecule has 0 N–H and O–H groups in total. The van der Waals surface area contributed by atoms with E-state index in [-0.39, 0.29) is 11.5 Å². The molecule has 0 saturated carbocycles. The Bertz CT molecular complexity index is 737. The molecule has 0 aliphatic carbocycles. The van der Waals surface area contributed by atoms with Gasteiger partial charge < -0.3 is 0 Å². The summed E-state index contributed by atoms with van der Waals surface area (Å²) < 4.78 is 1.37. The highest BCUT2D eigenvalue weighted by molar-refractivity contribution is 5.76. The predicted molar refractivity (Wildman–Crippen MR) is 63.3 cm³/mol. The number of hydrogen-bond donors (Lipinski definition) is 0. The Morgan fingerprint density at radius 3 is 2.83 bits per heavy atom. The van der Waals surface area contributed by atoms with Crippen molar-refractivity contribution >= 4 is 16.7 Å². The lowest BCUT2D eigenvalue weighted by atomic mass is 10.3. The maximum absolute atomic E-state index is 11.0. The monoisotopic (exact) mass is 241 g/mol. The van der Waals surface area contributed by atoms with Crippen molar-refractivity contribution in [3.8, 4) is 5.82 Å². The molecule has 2 aromatic heterocycles. The molecule has 0 atom stereocenters. The number of nitrogens with zero attached hydrogens (tertiary/aromatic N) is 5. The zero-order valence-corrected chi connectivity index (χ0v) is 9.09. The van der Waals surface area contributed by atoms with E-state index in [2.05, 4.69) is 15.3 Å². The summed E-state index contributed by atoms with van der Waals surface area (Å²) in [4.78, 5) is 14.5. The summed E-state index contributed by atoms with van der Waals surface area (Å²) in [6, 6.07) is 10.1. The molecule has 0 aliphatic rings. The third kappa shape index (κ3) is 1.49. The van der Waals surface area contributed by atoms with Crippen LogP contribution in [0.3, 0.4) is 0 Å². The first-order chi connectivity index (χ1) is 8.77. The highest BCUT2D eigenvalue weighted by Crippen LogP contribution is 2.22. The first-order valence-corrected chi connectivity index (χ1v) is 5.17. The maximum Gasteiger partial charge on any atom is 0.313 e. The highest BCUT2D eigenvalue weighted by Gasteiger charge is 2.18. The van der Waals surface area contributed by atoms with Gasteiger partial charge in [0.15, 0.2) is 0 Å². The zero-order chi connectivity index (χ0) is 12.5. The molecule has 7 heteroatoms. The van der Waals surface area contributed by atoms with Gasteiger partial charge in [-0.05, 0) is 18.2 Å². The van der Waals surface area contributed by atoms with Crippen LogP contribution >= 0.6 is 0 Å². The lowest BCUT2D eigenvalue weighted by Gasteiger charge is -2.01. The topological polar surface area (TPSA) is 86.7 Å². The molecule has 3 aromatic rings. The van der Waals surface area contributed by atoms with E-state index < -0.39 is 4.92 Å². The normalized spacial score (nSPS) is 10.7. The third-order valence-electron chi connectivity index (χ3n) is 2.52. The standard InChI is InChI=1S/C11H7N5O2/c17-16(18)10-6-3-7-12-11(10)15-9-5-2-1-4-8(9)13-14-15/h1-7H. The molecule has 7 nitrogen and oxygen atoms in total. The van der Waals surface area contributed by atoms with Gasteiger partial charge >= 0.3 is 5.69 Å². The minimum atomic E-state index is -0.487. The summed E-state index contributed by atoms with van der Waals surface area (Å²) >= 11 is 0. The molecule has 0 fully saturated rings. The molecular formula is C11H7N5O2. The molecule has 18 heavy (non-hydrogen) atoms. The second-order valence-electron chi connectivity index (χ2n) is 3.59. The van der Waals surface area contributed by atoms with Crippen molar-refractivity contribution in [3.63, 3.8) is 0 Å². The van der Waals surface area contributed by atoms with Gasteiger partial charge in [0.25, 0.3) is 0 Å². The van der Waals surface area contributed by atoms with Crippen LogP contribution in [0, 0.1) is 10.1 Å². The Morgan fingerprint density at radius 2 is 2.00 bits per heavy atom. The lowest BCUT2D eigenvalue weighted by Crippen LogP contribution is -2.04. The molecule has 0 aliphatic heterocycles. The van der Waals surface area contributed by atoms with Crippen molar-refractivity contribution in [2.75, 3.05) is 0 Å². The van der Waals surface area contributed by atoms with Crippen molar-refractivity contribution in [1.82, 2.24) is 20.0 Å². The molecule has 0 bridgehead atoms. The van der Waals surface area contributed by atoms with Crippen molar-refractivity contribution in [3.05, 3.63) is 52.7 Å². The fraction of sp³-hybridized carbons (Fsp3) is 0. The summed E-state index contributed by atoms with van der Waals surface area (Å²) in [5.74, 6) is 0.163. The van der Waals surface area contributed by atoms with Crippen LogP contribution in [0.15, 0.2) is 42.6 Å². The molecule has 1 aromatic carbocycles. The summed E-state index contributed by atoms with van der Waals surface area (Å²) in [6.45, 7) is 0. The summed E-state index contributed by atoms with van der Waals surface area (Å²) in [5, 5.41) is 18.8. The number of rotatable bonds is 2. The molecule has 2 heterocycles. The van der Waals surface area contributed by atoms with E-state index in [0.29, 0.717) is 11.0 Å². The number of benzene rings is 1. The molecule has 0 unspecified atom stereocenters. The van der Waals surface area contributed by atoms with Crippen LogP contribution in [0.5, 0.6) is 0 Å². The van der Waals surface area contributed by atoms with Gasteiger partial charge in [0.05, 0.1) is 10.4 Å². The Labute approximate surface area is 101 Å². The summed E-state index contributed by atoms with van der Waals surface area (Å²) in [7, 11) is 0. The van der Waals surface area contributed by atoms with E-state index in [1.807, 2.05) is 12.1 Å². The van der Waals surface area contributed by atoms with Crippen LogP contribution in [0.25, 0.3) is 16.9 Å². The van der Waals surface area contributed by atoms with E-state index >= 15 is 0 Å². The van der Waals surface area contributed by atoms with E-state index in [0.717, 1.165) is 0 Å². The second kappa shape index (κ2) is 3.88. The number of pyridine rings is 1. The maximum atomic E-state index is 11.0. The quantitative estimate of drug-likeness (QED) is 0.503. The van der Waals surface area contributed by atoms with Gasteiger partial charge in [0, 0.05) is 12.3 Å². The molecule has 0 radical (unpaired) electrons. The van der Waals surface area contributed by atoms with Gasteiger partial charge in [-0.3, -0.25) is 10.1 Å². The van der Waals surface area contributed by atoms with E-state index in [9.17, 15) is 10.1 Å². The Hall–Kier alpha value is -2.83. The van der Waals surface area contributed by atoms with Crippen molar-refractivity contribution in [1.29, 1.82) is 0 Å². The first-order valence-electron chi connectivity index (χ1n) is 5.17. The number of aromatic nitrogens is 4. The number of fused-ring (bicyclic) bond motifs is 1. The van der Waals surface area contributed by atoms with Gasteiger partial charge in [-0.25, -0.2) is 4.98 Å². The van der Waals surface area contributed by atoms with Gasteiger partial charge in [-0.1, -0.05) is 17.3 Å². The molecule has 0 spiro atoms. The fourth-order valence-corrected chi connectivity index (χ4v) is 1.72. The lowest BCUT2D eigenvalue weighted by molar-refractivity contribution is -0.384. The van der Waals surface area contributed by atoms with Crippen LogP contribution in [0.1, 0.15) is 0 Å². The van der Waals surface area contributed by atoms with E-state index in [1.54, 1.807) is 12.1 Å². The molecule has 0 amide bonds. The highest BCUT2D eigenvalue weighted by atomic mass is 16.6. The summed E-state index contributed by atoms with van der Waals surface area (Å²) in [6.07, 6.45) is 1.48. The van der Waals surface area contributed by atoms with Crippen LogP contribution in [-0.2, 0) is 0 Å². The smallest absolute Gasteiger partial charge is 0.258 e. The molecular weight excluding hydrogens is 234 g/mol. The Morgan fingerprint density at radius 1 is 1.17 bits per heavy atom. The minimum absolute atomic E-state index is 0.104. The largest absolute Gasteiger partial charge is 0.313 e. The van der Waals surface area contributed by atoms with Crippen molar-refractivity contribution in [2.24, 2.45) is 0 Å². The third-order valence-corrected chi connectivity index (χ3v) is 2.52. The zero-order valence-electron chi connectivity index (χ0n) is 9.09. The average Bonchev–Trinajstić information content (AvgIpc) is 2.82. The number of nitro groups is 1. The molecule has 0 saturated heterocycles. The Balaban J connectivity index is 2.30. The first kappa shape index (κ1) is 10.3. The van der Waals surface area contributed by atoms with Gasteiger partial charge in [-0.15, -0.1) is 5.10 Å². The van der Waals surface area contributed by atoms with Crippen molar-refractivity contribution < 1.29 is 4.92 Å². The Kier molecular flexibility index (Phi) is 2.23. The molecule has 3 rings (SSSR count). The number of hydrogen-bond acceptors (Lipinski definition) is 5. The van der Waals surface area contributed by atoms with Gasteiger partial charge in [0.2, 0.25) is 5.82 Å². The second-order valence-corrected chi connectivity index (χ2v) is 3.59. The van der Waals surface area contributed by atoms with Gasteiger partial charge in [-0.2, -0.15) is 4.68 Å². The van der Waals surface area contributed by atoms with Crippen LogP contribution in [0.2, 0.25) is 0 Å².